The van der Waals surface area contributed by atoms with Crippen molar-refractivity contribution in [3.63, 3.8) is 0 Å². The van der Waals surface area contributed by atoms with E-state index in [0.717, 1.165) is 10.4 Å². The molecule has 1 unspecified atom stereocenters. The molecule has 0 radical (unpaired) electrons. The summed E-state index contributed by atoms with van der Waals surface area (Å²) in [6.45, 7) is 2.71. The highest BCUT2D eigenvalue weighted by atomic mass is 32.1. The minimum absolute atomic E-state index is 0.133. The molecule has 0 saturated carbocycles. The number of nitrogens with one attached hydrogen (secondary N) is 2. The summed E-state index contributed by atoms with van der Waals surface area (Å²) in [7, 11) is 0. The van der Waals surface area contributed by atoms with Crippen molar-refractivity contribution < 1.29 is 18.7 Å². The Morgan fingerprint density at radius 1 is 1.06 bits per heavy atom. The van der Waals surface area contributed by atoms with Crippen LogP contribution in [0.3, 0.4) is 0 Å². The van der Waals surface area contributed by atoms with Crippen molar-refractivity contribution in [2.75, 3.05) is 13.2 Å². The van der Waals surface area contributed by atoms with E-state index < -0.39 is 0 Å². The number of halogens is 1. The molecule has 1 aromatic heterocycles. The lowest BCUT2D eigenvalue weighted by Gasteiger charge is -2.18. The van der Waals surface area contributed by atoms with Gasteiger partial charge in [0.1, 0.15) is 11.6 Å². The molecule has 0 fully saturated rings. The van der Waals surface area contributed by atoms with Crippen LogP contribution in [-0.4, -0.2) is 25.0 Å². The maximum Gasteiger partial charge on any atom is 0.255 e. The monoisotopic (exact) mass is 440 g/mol. The van der Waals surface area contributed by atoms with Gasteiger partial charge in [0, 0.05) is 17.8 Å². The molecule has 1 heterocycles. The zero-order chi connectivity index (χ0) is 22.1. The molecule has 3 rings (SSSR count). The lowest BCUT2D eigenvalue weighted by molar-refractivity contribution is -0.121. The minimum atomic E-state index is -0.333. The van der Waals surface area contributed by atoms with E-state index in [9.17, 15) is 14.0 Å². The highest BCUT2D eigenvalue weighted by Crippen LogP contribution is 2.26. The molecule has 5 nitrogen and oxygen atoms in total. The zero-order valence-electron chi connectivity index (χ0n) is 17.3. The van der Waals surface area contributed by atoms with Gasteiger partial charge in [-0.2, -0.15) is 0 Å². The van der Waals surface area contributed by atoms with E-state index in [-0.39, 0.29) is 30.1 Å². The number of amides is 2. The summed E-state index contributed by atoms with van der Waals surface area (Å²) >= 11 is 1.53. The molecule has 2 N–H and O–H groups in total. The van der Waals surface area contributed by atoms with Gasteiger partial charge in [-0.25, -0.2) is 4.39 Å². The zero-order valence-corrected chi connectivity index (χ0v) is 18.1. The number of hydrogen-bond donors (Lipinski definition) is 2. The number of carbonyl (C=O) groups is 2. The number of carbonyl (C=O) groups excluding carboxylic acids is 2. The van der Waals surface area contributed by atoms with Crippen LogP contribution in [-0.2, 0) is 4.79 Å². The van der Waals surface area contributed by atoms with Crippen molar-refractivity contribution in [1.82, 2.24) is 10.6 Å². The van der Waals surface area contributed by atoms with Crippen molar-refractivity contribution in [3.05, 3.63) is 87.9 Å². The first-order valence-corrected chi connectivity index (χ1v) is 11.0. The summed E-state index contributed by atoms with van der Waals surface area (Å²) in [5, 5.41) is 7.79. The first-order valence-electron chi connectivity index (χ1n) is 10.2. The first-order chi connectivity index (χ1) is 15.1. The third kappa shape index (κ3) is 6.39. The van der Waals surface area contributed by atoms with E-state index in [2.05, 4.69) is 10.6 Å². The van der Waals surface area contributed by atoms with Crippen LogP contribution < -0.4 is 15.4 Å². The van der Waals surface area contributed by atoms with Crippen LogP contribution in [0.25, 0.3) is 0 Å². The Kier molecular flexibility index (Phi) is 8.18. The SMILES string of the molecule is CCOc1ccccc1C(=O)NCCCC(=O)NC(c1ccc(F)cc1)c1cccs1. The molecule has 31 heavy (non-hydrogen) atoms. The van der Waals surface area contributed by atoms with Gasteiger partial charge in [0.05, 0.1) is 18.2 Å². The van der Waals surface area contributed by atoms with E-state index in [4.69, 9.17) is 4.74 Å². The number of rotatable bonds is 10. The third-order valence-corrected chi connectivity index (χ3v) is 5.57. The molecule has 0 spiro atoms. The van der Waals surface area contributed by atoms with Gasteiger partial charge in [-0.15, -0.1) is 11.3 Å². The van der Waals surface area contributed by atoms with E-state index >= 15 is 0 Å². The molecule has 1 atom stereocenters. The predicted molar refractivity (Wildman–Crippen MR) is 120 cm³/mol. The first kappa shape index (κ1) is 22.5. The lowest BCUT2D eigenvalue weighted by Crippen LogP contribution is -2.30. The number of para-hydroxylation sites is 1. The Balaban J connectivity index is 1.52. The second-order valence-electron chi connectivity index (χ2n) is 6.86. The third-order valence-electron chi connectivity index (χ3n) is 4.63. The molecular formula is C24H25FN2O3S. The van der Waals surface area contributed by atoms with Gasteiger partial charge in [-0.1, -0.05) is 30.3 Å². The highest BCUT2D eigenvalue weighted by Gasteiger charge is 2.18. The van der Waals surface area contributed by atoms with Crippen LogP contribution in [0.15, 0.2) is 66.0 Å². The molecule has 0 saturated heterocycles. The van der Waals surface area contributed by atoms with Crippen molar-refractivity contribution in [1.29, 1.82) is 0 Å². The topological polar surface area (TPSA) is 67.4 Å². The molecular weight excluding hydrogens is 415 g/mol. The van der Waals surface area contributed by atoms with E-state index in [1.807, 2.05) is 30.5 Å². The molecule has 0 aliphatic rings. The van der Waals surface area contributed by atoms with Gasteiger partial charge in [0.15, 0.2) is 0 Å². The lowest BCUT2D eigenvalue weighted by atomic mass is 10.0. The van der Waals surface area contributed by atoms with E-state index in [1.54, 1.807) is 30.3 Å². The Morgan fingerprint density at radius 2 is 1.84 bits per heavy atom. The maximum absolute atomic E-state index is 13.3. The van der Waals surface area contributed by atoms with Crippen molar-refractivity contribution in [2.45, 2.75) is 25.8 Å². The van der Waals surface area contributed by atoms with Crippen LogP contribution in [0.5, 0.6) is 5.75 Å². The predicted octanol–water partition coefficient (Wildman–Crippen LogP) is 4.70. The van der Waals surface area contributed by atoms with Crippen LogP contribution in [0, 0.1) is 5.82 Å². The van der Waals surface area contributed by atoms with Crippen LogP contribution in [0.1, 0.15) is 46.6 Å². The van der Waals surface area contributed by atoms with Crippen LogP contribution >= 0.6 is 11.3 Å². The maximum atomic E-state index is 13.3. The van der Waals surface area contributed by atoms with Crippen molar-refractivity contribution >= 4 is 23.2 Å². The standard InChI is InChI=1S/C24H25FN2O3S/c1-2-30-20-8-4-3-7-19(20)24(29)26-15-5-10-22(28)27-23(21-9-6-16-31-21)17-11-13-18(25)14-12-17/h3-4,6-9,11-14,16,23H,2,5,10,15H2,1H3,(H,26,29)(H,27,28). The van der Waals surface area contributed by atoms with Crippen LogP contribution in [0.2, 0.25) is 0 Å². The molecule has 7 heteroatoms. The minimum Gasteiger partial charge on any atom is -0.493 e. The summed E-state index contributed by atoms with van der Waals surface area (Å²) in [5.74, 6) is -0.140. The Labute approximate surface area is 185 Å². The van der Waals surface area contributed by atoms with Crippen molar-refractivity contribution in [3.8, 4) is 5.75 Å². The van der Waals surface area contributed by atoms with Crippen LogP contribution in [0.4, 0.5) is 4.39 Å². The van der Waals surface area contributed by atoms with Gasteiger partial charge in [0.25, 0.3) is 5.91 Å². The fourth-order valence-corrected chi connectivity index (χ4v) is 3.95. The van der Waals surface area contributed by atoms with E-state index in [1.165, 1.54) is 23.5 Å². The largest absolute Gasteiger partial charge is 0.493 e. The molecule has 2 amide bonds. The molecule has 2 aromatic carbocycles. The molecule has 0 bridgehead atoms. The van der Waals surface area contributed by atoms with Crippen molar-refractivity contribution in [2.24, 2.45) is 0 Å². The Hall–Kier alpha value is -3.19. The summed E-state index contributed by atoms with van der Waals surface area (Å²) < 4.78 is 18.8. The highest BCUT2D eigenvalue weighted by molar-refractivity contribution is 7.10. The number of benzene rings is 2. The summed E-state index contributed by atoms with van der Waals surface area (Å²) in [6.07, 6.45) is 0.755. The van der Waals surface area contributed by atoms with Gasteiger partial charge >= 0.3 is 0 Å². The Morgan fingerprint density at radius 3 is 2.55 bits per heavy atom. The second-order valence-corrected chi connectivity index (χ2v) is 7.84. The fourth-order valence-electron chi connectivity index (χ4n) is 3.14. The van der Waals surface area contributed by atoms with E-state index in [0.29, 0.717) is 30.9 Å². The Bertz CT molecular complexity index is 990. The fraction of sp³-hybridized carbons (Fsp3) is 0.250. The van der Waals surface area contributed by atoms with Gasteiger partial charge in [0.2, 0.25) is 5.91 Å². The average molecular weight is 441 g/mol. The normalized spacial score (nSPS) is 11.5. The summed E-state index contributed by atoms with van der Waals surface area (Å²) in [4.78, 5) is 25.9. The number of hydrogen-bond acceptors (Lipinski definition) is 4. The average Bonchev–Trinajstić information content (AvgIpc) is 3.31. The smallest absolute Gasteiger partial charge is 0.255 e. The summed E-state index contributed by atoms with van der Waals surface area (Å²) in [6, 6.07) is 16.7. The molecule has 3 aromatic rings. The van der Waals surface area contributed by atoms with Gasteiger partial charge in [-0.3, -0.25) is 9.59 Å². The number of thiophene rings is 1. The molecule has 0 aliphatic heterocycles. The second kappa shape index (κ2) is 11.3. The molecule has 162 valence electrons. The quantitative estimate of drug-likeness (QED) is 0.449. The molecule has 0 aliphatic carbocycles. The summed E-state index contributed by atoms with van der Waals surface area (Å²) in [5.41, 5.74) is 1.29. The number of ether oxygens (including phenoxy) is 1. The van der Waals surface area contributed by atoms with Gasteiger partial charge < -0.3 is 15.4 Å². The van der Waals surface area contributed by atoms with Gasteiger partial charge in [-0.05, 0) is 54.6 Å².